The van der Waals surface area contributed by atoms with Crippen molar-refractivity contribution in [2.45, 2.75) is 39.2 Å². The van der Waals surface area contributed by atoms with Crippen molar-refractivity contribution in [1.29, 1.82) is 5.41 Å². The predicted molar refractivity (Wildman–Crippen MR) is 90.3 cm³/mol. The molecule has 1 fully saturated rings. The van der Waals surface area contributed by atoms with Crippen molar-refractivity contribution in [2.75, 3.05) is 19.7 Å². The van der Waals surface area contributed by atoms with Crippen LogP contribution in [0.2, 0.25) is 0 Å². The van der Waals surface area contributed by atoms with Gasteiger partial charge in [-0.1, -0.05) is 6.08 Å². The van der Waals surface area contributed by atoms with Crippen LogP contribution in [0.4, 0.5) is 4.39 Å². The van der Waals surface area contributed by atoms with E-state index < -0.39 is 0 Å². The first-order valence-electron chi connectivity index (χ1n) is 8.25. The molecule has 0 bridgehead atoms. The summed E-state index contributed by atoms with van der Waals surface area (Å²) in [4.78, 5) is 13.2. The second-order valence-corrected chi connectivity index (χ2v) is 6.20. The molecule has 1 atom stereocenters. The monoisotopic (exact) mass is 336 g/mol. The van der Waals surface area contributed by atoms with Gasteiger partial charge in [0, 0.05) is 26.2 Å². The Bertz CT molecular complexity index is 591. The van der Waals surface area contributed by atoms with Crippen LogP contribution < -0.4 is 0 Å². The largest absolute Gasteiger partial charge is 0.372 e. The molecule has 132 valence electrons. The summed E-state index contributed by atoms with van der Waals surface area (Å²) in [6.45, 7) is 5.53. The third-order valence-corrected chi connectivity index (χ3v) is 4.44. The fourth-order valence-corrected chi connectivity index (χ4v) is 2.80. The van der Waals surface area contributed by atoms with Crippen molar-refractivity contribution in [1.82, 2.24) is 15.1 Å². The number of H-pyrrole nitrogens is 1. The van der Waals surface area contributed by atoms with Crippen LogP contribution in [-0.4, -0.2) is 53.0 Å². The van der Waals surface area contributed by atoms with E-state index in [1.807, 2.05) is 11.0 Å². The standard InChI is InChI=1S/C17H25FN4O2/c1-12(17-16(18)10-20-21-17)3-4-15(9-19)24-11-14-5-7-22(8-6-14)13(2)23/h3,9-10,14-15,19H,4-8,11H2,1-2H3,(H,20,21)/b12-3+,19-9?. The summed E-state index contributed by atoms with van der Waals surface area (Å²) < 4.78 is 19.3. The Morgan fingerprint density at radius 1 is 1.54 bits per heavy atom. The minimum atomic E-state index is -0.381. The molecule has 2 rings (SSSR count). The zero-order valence-corrected chi connectivity index (χ0v) is 14.2. The number of aromatic nitrogens is 2. The summed E-state index contributed by atoms with van der Waals surface area (Å²) >= 11 is 0. The van der Waals surface area contributed by atoms with Gasteiger partial charge in [0.2, 0.25) is 5.91 Å². The highest BCUT2D eigenvalue weighted by Gasteiger charge is 2.21. The van der Waals surface area contributed by atoms with E-state index in [-0.39, 0.29) is 17.8 Å². The highest BCUT2D eigenvalue weighted by Crippen LogP contribution is 2.19. The van der Waals surface area contributed by atoms with Crippen LogP contribution in [0.15, 0.2) is 12.3 Å². The Hall–Kier alpha value is -2.02. The molecule has 1 saturated heterocycles. The topological polar surface area (TPSA) is 82.1 Å². The lowest BCUT2D eigenvalue weighted by Gasteiger charge is -2.31. The number of ether oxygens (including phenoxy) is 1. The van der Waals surface area contributed by atoms with E-state index in [4.69, 9.17) is 10.1 Å². The van der Waals surface area contributed by atoms with E-state index in [9.17, 15) is 9.18 Å². The molecule has 2 heterocycles. The van der Waals surface area contributed by atoms with Crippen LogP contribution in [-0.2, 0) is 9.53 Å². The molecule has 1 aromatic heterocycles. The van der Waals surface area contributed by atoms with Gasteiger partial charge in [0.15, 0.2) is 5.82 Å². The van der Waals surface area contributed by atoms with Crippen molar-refractivity contribution in [3.63, 3.8) is 0 Å². The van der Waals surface area contributed by atoms with Crippen molar-refractivity contribution in [3.8, 4) is 0 Å². The molecule has 0 radical (unpaired) electrons. The number of amides is 1. The Morgan fingerprint density at radius 2 is 2.25 bits per heavy atom. The summed E-state index contributed by atoms with van der Waals surface area (Å²) in [7, 11) is 0. The van der Waals surface area contributed by atoms with E-state index in [0.29, 0.717) is 24.6 Å². The lowest BCUT2D eigenvalue weighted by atomic mass is 9.97. The first-order valence-corrected chi connectivity index (χ1v) is 8.25. The summed E-state index contributed by atoms with van der Waals surface area (Å²) in [5.41, 5.74) is 1.12. The maximum absolute atomic E-state index is 13.4. The summed E-state index contributed by atoms with van der Waals surface area (Å²) in [5.74, 6) is 0.157. The van der Waals surface area contributed by atoms with Gasteiger partial charge < -0.3 is 15.0 Å². The summed E-state index contributed by atoms with van der Waals surface area (Å²) in [5, 5.41) is 13.8. The molecule has 1 aliphatic rings. The van der Waals surface area contributed by atoms with Crippen molar-refractivity contribution in [3.05, 3.63) is 23.8 Å². The number of hydrogen-bond donors (Lipinski definition) is 2. The average molecular weight is 336 g/mol. The van der Waals surface area contributed by atoms with Gasteiger partial charge in [0.1, 0.15) is 0 Å². The molecule has 1 aliphatic heterocycles. The highest BCUT2D eigenvalue weighted by atomic mass is 19.1. The molecular formula is C17H25FN4O2. The molecule has 1 unspecified atom stereocenters. The van der Waals surface area contributed by atoms with Gasteiger partial charge in [0.25, 0.3) is 0 Å². The molecule has 24 heavy (non-hydrogen) atoms. The number of aromatic amines is 1. The zero-order valence-electron chi connectivity index (χ0n) is 14.2. The number of allylic oxidation sites excluding steroid dienone is 1. The SMILES string of the molecule is CC(=O)N1CCC(COC(C=N)C/C=C(\C)c2[nH]ncc2F)CC1. The molecule has 6 nitrogen and oxygen atoms in total. The van der Waals surface area contributed by atoms with E-state index in [2.05, 4.69) is 10.2 Å². The van der Waals surface area contributed by atoms with Gasteiger partial charge >= 0.3 is 0 Å². The molecule has 0 spiro atoms. The first-order chi connectivity index (χ1) is 11.5. The van der Waals surface area contributed by atoms with E-state index in [1.165, 1.54) is 6.21 Å². The predicted octanol–water partition coefficient (Wildman–Crippen LogP) is 2.64. The molecule has 7 heteroatoms. The van der Waals surface area contributed by atoms with Gasteiger partial charge in [-0.2, -0.15) is 5.10 Å². The number of nitrogens with zero attached hydrogens (tertiary/aromatic N) is 2. The van der Waals surface area contributed by atoms with Gasteiger partial charge in [-0.15, -0.1) is 0 Å². The van der Waals surface area contributed by atoms with Crippen LogP contribution in [0.1, 0.15) is 38.8 Å². The minimum Gasteiger partial charge on any atom is -0.372 e. The molecule has 1 aromatic rings. The number of piperidine rings is 1. The van der Waals surface area contributed by atoms with Gasteiger partial charge in [-0.05, 0) is 37.7 Å². The first kappa shape index (κ1) is 18.3. The van der Waals surface area contributed by atoms with Crippen LogP contribution in [0, 0.1) is 17.1 Å². The maximum Gasteiger partial charge on any atom is 0.219 e. The van der Waals surface area contributed by atoms with Gasteiger partial charge in [0.05, 0.1) is 24.6 Å². The Kier molecular flexibility index (Phi) is 6.66. The van der Waals surface area contributed by atoms with Crippen LogP contribution in [0.25, 0.3) is 5.57 Å². The Labute approximate surface area is 141 Å². The van der Waals surface area contributed by atoms with Crippen molar-refractivity contribution in [2.24, 2.45) is 5.92 Å². The maximum atomic E-state index is 13.4. The zero-order chi connectivity index (χ0) is 17.5. The number of rotatable bonds is 7. The number of likely N-dealkylation sites (tertiary alicyclic amines) is 1. The third-order valence-electron chi connectivity index (χ3n) is 4.44. The van der Waals surface area contributed by atoms with Gasteiger partial charge in [-0.25, -0.2) is 4.39 Å². The fourth-order valence-electron chi connectivity index (χ4n) is 2.80. The third kappa shape index (κ3) is 4.99. The smallest absolute Gasteiger partial charge is 0.219 e. The summed E-state index contributed by atoms with van der Waals surface area (Å²) in [6, 6.07) is 0. The normalized spacial score (nSPS) is 17.8. The Morgan fingerprint density at radius 3 is 2.79 bits per heavy atom. The quantitative estimate of drug-likeness (QED) is 0.751. The van der Waals surface area contributed by atoms with Crippen LogP contribution in [0.3, 0.4) is 0 Å². The molecule has 0 aromatic carbocycles. The molecule has 2 N–H and O–H groups in total. The number of carbonyl (C=O) groups excluding carboxylic acids is 1. The molecule has 0 saturated carbocycles. The number of hydrogen-bond acceptors (Lipinski definition) is 4. The van der Waals surface area contributed by atoms with E-state index in [0.717, 1.165) is 37.7 Å². The van der Waals surface area contributed by atoms with E-state index >= 15 is 0 Å². The van der Waals surface area contributed by atoms with Gasteiger partial charge in [-0.3, -0.25) is 9.89 Å². The fraction of sp³-hybridized carbons (Fsp3) is 0.588. The lowest BCUT2D eigenvalue weighted by molar-refractivity contribution is -0.130. The number of nitrogens with one attached hydrogen (secondary N) is 2. The van der Waals surface area contributed by atoms with E-state index in [1.54, 1.807) is 13.8 Å². The summed E-state index contributed by atoms with van der Waals surface area (Å²) in [6.07, 6.45) is 6.32. The molecular weight excluding hydrogens is 311 g/mol. The number of halogens is 1. The lowest BCUT2D eigenvalue weighted by Crippen LogP contribution is -2.38. The molecule has 0 aliphatic carbocycles. The minimum absolute atomic E-state index is 0.124. The molecule has 1 amide bonds. The van der Waals surface area contributed by atoms with Crippen LogP contribution >= 0.6 is 0 Å². The number of carbonyl (C=O) groups is 1. The van der Waals surface area contributed by atoms with Crippen molar-refractivity contribution < 1.29 is 13.9 Å². The van der Waals surface area contributed by atoms with Crippen LogP contribution in [0.5, 0.6) is 0 Å². The second kappa shape index (κ2) is 8.73. The Balaban J connectivity index is 1.78. The second-order valence-electron chi connectivity index (χ2n) is 6.20. The van der Waals surface area contributed by atoms with Crippen molar-refractivity contribution >= 4 is 17.7 Å². The average Bonchev–Trinajstić information content (AvgIpc) is 3.01. The highest BCUT2D eigenvalue weighted by molar-refractivity contribution is 5.73.